The van der Waals surface area contributed by atoms with E-state index in [2.05, 4.69) is 20.4 Å². The second-order valence-corrected chi connectivity index (χ2v) is 4.86. The number of ether oxygens (including phenoxy) is 1. The second kappa shape index (κ2) is 4.80. The number of rotatable bonds is 4. The maximum Gasteiger partial charge on any atom is 0.0575 e. The van der Waals surface area contributed by atoms with E-state index in [4.69, 9.17) is 4.74 Å². The van der Waals surface area contributed by atoms with Gasteiger partial charge in [0.1, 0.15) is 0 Å². The van der Waals surface area contributed by atoms with E-state index >= 15 is 0 Å². The molecular formula is C12H22O. The SMILES string of the molecule is C=CCCCC1CCC(C)(C)CO1. The van der Waals surface area contributed by atoms with Gasteiger partial charge in [0.05, 0.1) is 12.7 Å². The lowest BCUT2D eigenvalue weighted by Crippen LogP contribution is -2.31. The zero-order chi connectivity index (χ0) is 9.73. The topological polar surface area (TPSA) is 9.23 Å². The number of hydrogen-bond acceptors (Lipinski definition) is 1. The van der Waals surface area contributed by atoms with Crippen LogP contribution in [0.15, 0.2) is 12.7 Å². The van der Waals surface area contributed by atoms with Crippen molar-refractivity contribution >= 4 is 0 Å². The summed E-state index contributed by atoms with van der Waals surface area (Å²) in [6.45, 7) is 9.23. The zero-order valence-electron chi connectivity index (χ0n) is 9.01. The highest BCUT2D eigenvalue weighted by molar-refractivity contribution is 4.77. The quantitative estimate of drug-likeness (QED) is 0.477. The van der Waals surface area contributed by atoms with Crippen molar-refractivity contribution in [3.8, 4) is 0 Å². The lowest BCUT2D eigenvalue weighted by atomic mass is 9.84. The second-order valence-electron chi connectivity index (χ2n) is 4.86. The fourth-order valence-electron chi connectivity index (χ4n) is 1.77. The van der Waals surface area contributed by atoms with E-state index in [1.54, 1.807) is 0 Å². The molecule has 1 aliphatic rings. The van der Waals surface area contributed by atoms with Crippen LogP contribution in [0.2, 0.25) is 0 Å². The maximum absolute atomic E-state index is 5.81. The van der Waals surface area contributed by atoms with Gasteiger partial charge < -0.3 is 4.74 Å². The highest BCUT2D eigenvalue weighted by Gasteiger charge is 2.26. The first kappa shape index (κ1) is 10.8. The normalized spacial score (nSPS) is 27.1. The van der Waals surface area contributed by atoms with E-state index in [1.807, 2.05) is 6.08 Å². The Bertz CT molecular complexity index is 151. The van der Waals surface area contributed by atoms with Gasteiger partial charge in [-0.15, -0.1) is 6.58 Å². The third-order valence-electron chi connectivity index (χ3n) is 2.79. The van der Waals surface area contributed by atoms with Gasteiger partial charge in [-0.25, -0.2) is 0 Å². The first-order valence-corrected chi connectivity index (χ1v) is 5.36. The molecule has 0 aromatic carbocycles. The fourth-order valence-corrected chi connectivity index (χ4v) is 1.77. The van der Waals surface area contributed by atoms with Gasteiger partial charge >= 0.3 is 0 Å². The van der Waals surface area contributed by atoms with E-state index in [1.165, 1.54) is 25.7 Å². The molecule has 0 radical (unpaired) electrons. The van der Waals surface area contributed by atoms with Crippen LogP contribution in [-0.2, 0) is 4.74 Å². The number of allylic oxidation sites excluding steroid dienone is 1. The van der Waals surface area contributed by atoms with Crippen LogP contribution in [0, 0.1) is 5.41 Å². The molecule has 0 spiro atoms. The summed E-state index contributed by atoms with van der Waals surface area (Å²) >= 11 is 0. The van der Waals surface area contributed by atoms with Crippen LogP contribution >= 0.6 is 0 Å². The van der Waals surface area contributed by atoms with Crippen LogP contribution < -0.4 is 0 Å². The fraction of sp³-hybridized carbons (Fsp3) is 0.833. The highest BCUT2D eigenvalue weighted by Crippen LogP contribution is 2.31. The molecule has 1 nitrogen and oxygen atoms in total. The monoisotopic (exact) mass is 182 g/mol. The van der Waals surface area contributed by atoms with Crippen LogP contribution in [-0.4, -0.2) is 12.7 Å². The number of unbranched alkanes of at least 4 members (excludes halogenated alkanes) is 1. The van der Waals surface area contributed by atoms with E-state index in [9.17, 15) is 0 Å². The molecule has 1 heteroatoms. The van der Waals surface area contributed by atoms with Crippen LogP contribution in [0.3, 0.4) is 0 Å². The summed E-state index contributed by atoms with van der Waals surface area (Å²) in [6, 6.07) is 0. The first-order chi connectivity index (χ1) is 6.14. The molecule has 1 rings (SSSR count). The summed E-state index contributed by atoms with van der Waals surface area (Å²) in [5.74, 6) is 0. The predicted molar refractivity (Wildman–Crippen MR) is 56.8 cm³/mol. The molecule has 1 fully saturated rings. The summed E-state index contributed by atoms with van der Waals surface area (Å²) in [4.78, 5) is 0. The Balaban J connectivity index is 2.14. The summed E-state index contributed by atoms with van der Waals surface area (Å²) in [5.41, 5.74) is 0.412. The van der Waals surface area contributed by atoms with Crippen molar-refractivity contribution in [3.05, 3.63) is 12.7 Å². The van der Waals surface area contributed by atoms with Gasteiger partial charge in [-0.05, 0) is 37.5 Å². The molecular weight excluding hydrogens is 160 g/mol. The Kier molecular flexibility index (Phi) is 3.98. The molecule has 0 bridgehead atoms. The van der Waals surface area contributed by atoms with Crippen molar-refractivity contribution < 1.29 is 4.74 Å². The molecule has 1 atom stereocenters. The smallest absolute Gasteiger partial charge is 0.0575 e. The van der Waals surface area contributed by atoms with Crippen molar-refractivity contribution in [1.29, 1.82) is 0 Å². The molecule has 13 heavy (non-hydrogen) atoms. The van der Waals surface area contributed by atoms with Gasteiger partial charge in [0.2, 0.25) is 0 Å². The van der Waals surface area contributed by atoms with Gasteiger partial charge in [0, 0.05) is 0 Å². The molecule has 0 aliphatic carbocycles. The summed E-state index contributed by atoms with van der Waals surface area (Å²) in [5, 5.41) is 0. The lowest BCUT2D eigenvalue weighted by Gasteiger charge is -2.34. The third-order valence-corrected chi connectivity index (χ3v) is 2.79. The molecule has 1 aliphatic heterocycles. The van der Waals surface area contributed by atoms with E-state index < -0.39 is 0 Å². The lowest BCUT2D eigenvalue weighted by molar-refractivity contribution is -0.0517. The molecule has 0 saturated carbocycles. The van der Waals surface area contributed by atoms with Crippen molar-refractivity contribution in [2.45, 2.75) is 52.1 Å². The van der Waals surface area contributed by atoms with Crippen LogP contribution in [0.5, 0.6) is 0 Å². The van der Waals surface area contributed by atoms with Crippen LogP contribution in [0.25, 0.3) is 0 Å². The third kappa shape index (κ3) is 3.95. The average Bonchev–Trinajstić information content (AvgIpc) is 2.08. The van der Waals surface area contributed by atoms with Gasteiger partial charge in [-0.1, -0.05) is 19.9 Å². The Hall–Kier alpha value is -0.300. The standard InChI is InChI=1S/C12H22O/c1-4-5-6-7-11-8-9-12(2,3)10-13-11/h4,11H,1,5-10H2,2-3H3. The summed E-state index contributed by atoms with van der Waals surface area (Å²) in [6.07, 6.45) is 8.63. The molecule has 0 N–H and O–H groups in total. The number of hydrogen-bond donors (Lipinski definition) is 0. The molecule has 1 heterocycles. The predicted octanol–water partition coefficient (Wildman–Crippen LogP) is 3.55. The zero-order valence-corrected chi connectivity index (χ0v) is 9.01. The maximum atomic E-state index is 5.81. The molecule has 0 aromatic heterocycles. The van der Waals surface area contributed by atoms with Crippen molar-refractivity contribution in [3.63, 3.8) is 0 Å². The molecule has 0 amide bonds. The summed E-state index contributed by atoms with van der Waals surface area (Å²) in [7, 11) is 0. The Morgan fingerprint density at radius 1 is 1.54 bits per heavy atom. The van der Waals surface area contributed by atoms with Gasteiger partial charge in [0.25, 0.3) is 0 Å². The van der Waals surface area contributed by atoms with E-state index in [-0.39, 0.29) is 0 Å². The minimum absolute atomic E-state index is 0.412. The first-order valence-electron chi connectivity index (χ1n) is 5.36. The molecule has 0 aromatic rings. The Labute approximate surface area is 82.2 Å². The minimum atomic E-state index is 0.412. The van der Waals surface area contributed by atoms with Gasteiger partial charge in [-0.3, -0.25) is 0 Å². The van der Waals surface area contributed by atoms with Crippen molar-refractivity contribution in [2.24, 2.45) is 5.41 Å². The van der Waals surface area contributed by atoms with Gasteiger partial charge in [-0.2, -0.15) is 0 Å². The molecule has 1 unspecified atom stereocenters. The van der Waals surface area contributed by atoms with E-state index in [0.29, 0.717) is 11.5 Å². The summed E-state index contributed by atoms with van der Waals surface area (Å²) < 4.78 is 5.81. The van der Waals surface area contributed by atoms with Crippen LogP contribution in [0.4, 0.5) is 0 Å². The average molecular weight is 182 g/mol. The van der Waals surface area contributed by atoms with Crippen LogP contribution in [0.1, 0.15) is 46.0 Å². The van der Waals surface area contributed by atoms with Crippen molar-refractivity contribution in [1.82, 2.24) is 0 Å². The highest BCUT2D eigenvalue weighted by atomic mass is 16.5. The molecule has 1 saturated heterocycles. The molecule has 76 valence electrons. The van der Waals surface area contributed by atoms with Gasteiger partial charge in [0.15, 0.2) is 0 Å². The minimum Gasteiger partial charge on any atom is -0.378 e. The van der Waals surface area contributed by atoms with Crippen molar-refractivity contribution in [2.75, 3.05) is 6.61 Å². The largest absolute Gasteiger partial charge is 0.378 e. The van der Waals surface area contributed by atoms with E-state index in [0.717, 1.165) is 13.0 Å². The Morgan fingerprint density at radius 2 is 2.31 bits per heavy atom. The Morgan fingerprint density at radius 3 is 2.85 bits per heavy atom.